The molecular weight excluding hydrogens is 725 g/mol. The van der Waals surface area contributed by atoms with Crippen molar-refractivity contribution in [2.24, 2.45) is 0 Å². The summed E-state index contributed by atoms with van der Waals surface area (Å²) < 4.78 is 33.7. The maximum Gasteiger partial charge on any atom is 0.265 e. The van der Waals surface area contributed by atoms with Gasteiger partial charge in [-0.1, -0.05) is 30.3 Å². The van der Waals surface area contributed by atoms with Crippen molar-refractivity contribution >= 4 is 41.1 Å². The van der Waals surface area contributed by atoms with Crippen molar-refractivity contribution < 1.29 is 33.3 Å². The number of aromatic nitrogens is 2. The summed E-state index contributed by atoms with van der Waals surface area (Å²) >= 11 is 0. The first-order valence-electron chi connectivity index (χ1n) is 17.9. The molecule has 3 aliphatic heterocycles. The van der Waals surface area contributed by atoms with E-state index in [0.717, 1.165) is 18.7 Å². The smallest absolute Gasteiger partial charge is 0.265 e. The van der Waals surface area contributed by atoms with E-state index in [1.165, 1.54) is 40.8 Å². The molecule has 3 aliphatic rings. The fourth-order valence-electron chi connectivity index (χ4n) is 7.71. The number of anilines is 2. The average molecular weight is 762 g/mol. The molecular formula is C42H37ClFN5O6. The maximum absolute atomic E-state index is 15.1. The quantitative estimate of drug-likeness (QED) is 0.188. The van der Waals surface area contributed by atoms with E-state index in [-0.39, 0.29) is 42.5 Å². The first-order chi connectivity index (χ1) is 26.4. The van der Waals surface area contributed by atoms with Gasteiger partial charge in [0.15, 0.2) is 11.5 Å². The predicted molar refractivity (Wildman–Crippen MR) is 206 cm³/mol. The van der Waals surface area contributed by atoms with Crippen LogP contribution in [0.15, 0.2) is 110 Å². The molecule has 0 saturated carbocycles. The van der Waals surface area contributed by atoms with Crippen LogP contribution in [0.3, 0.4) is 0 Å². The van der Waals surface area contributed by atoms with Crippen molar-refractivity contribution in [1.82, 2.24) is 19.2 Å². The van der Waals surface area contributed by atoms with Crippen LogP contribution in [0.5, 0.6) is 17.2 Å². The molecule has 1 fully saturated rings. The van der Waals surface area contributed by atoms with Crippen molar-refractivity contribution in [1.29, 1.82) is 0 Å². The summed E-state index contributed by atoms with van der Waals surface area (Å²) in [6.07, 6.45) is 5.66. The number of morpholine rings is 1. The minimum atomic E-state index is -0.510. The normalized spacial score (nSPS) is 16.4. The van der Waals surface area contributed by atoms with E-state index in [1.54, 1.807) is 55.0 Å². The van der Waals surface area contributed by atoms with Crippen LogP contribution >= 0.6 is 12.4 Å². The highest BCUT2D eigenvalue weighted by Crippen LogP contribution is 2.42. The third-order valence-electron chi connectivity index (χ3n) is 10.4. The molecule has 11 nitrogen and oxygen atoms in total. The Morgan fingerprint density at radius 2 is 1.64 bits per heavy atom. The van der Waals surface area contributed by atoms with Gasteiger partial charge in [0.05, 0.1) is 47.4 Å². The molecule has 9 rings (SSSR count). The number of fused-ring (bicyclic) bond motifs is 3. The molecule has 0 radical (unpaired) electrons. The highest BCUT2D eigenvalue weighted by molar-refractivity contribution is 6.15. The van der Waals surface area contributed by atoms with E-state index in [1.807, 2.05) is 21.4 Å². The summed E-state index contributed by atoms with van der Waals surface area (Å²) in [4.78, 5) is 39.9. The Bertz CT molecular complexity index is 2400. The van der Waals surface area contributed by atoms with Crippen molar-refractivity contribution in [2.75, 3.05) is 44.5 Å². The van der Waals surface area contributed by atoms with Crippen LogP contribution in [0.4, 0.5) is 15.8 Å². The summed E-state index contributed by atoms with van der Waals surface area (Å²) in [6.45, 7) is 4.07. The van der Waals surface area contributed by atoms with Gasteiger partial charge in [0.25, 0.3) is 11.8 Å². The van der Waals surface area contributed by atoms with Crippen LogP contribution < -0.4 is 14.4 Å². The monoisotopic (exact) mass is 761 g/mol. The SMILES string of the molecule is Cl.O=C(c1cc(-c2cc3c(cc2C(=O)N2Cc4ccccc4C[C@H]2CN2CCOCC2)OCO3)n2ccncc12)N(c1ccc(O)cc1)c1cccc(F)c1. The highest BCUT2D eigenvalue weighted by Gasteiger charge is 2.35. The number of hydrogen-bond acceptors (Lipinski definition) is 8. The lowest BCUT2D eigenvalue weighted by Crippen LogP contribution is -2.52. The Kier molecular flexibility index (Phi) is 9.87. The van der Waals surface area contributed by atoms with Crippen LogP contribution in [0.2, 0.25) is 0 Å². The number of benzene rings is 4. The number of halogens is 2. The lowest BCUT2D eigenvalue weighted by Gasteiger charge is -2.40. The number of carbonyl (C=O) groups is 2. The zero-order chi connectivity index (χ0) is 36.8. The molecule has 55 heavy (non-hydrogen) atoms. The second kappa shape index (κ2) is 15.1. The Morgan fingerprint density at radius 3 is 2.42 bits per heavy atom. The van der Waals surface area contributed by atoms with Crippen LogP contribution in [0.25, 0.3) is 16.8 Å². The zero-order valence-electron chi connectivity index (χ0n) is 29.6. The van der Waals surface area contributed by atoms with Gasteiger partial charge < -0.3 is 28.6 Å². The number of hydrogen-bond donors (Lipinski definition) is 1. The highest BCUT2D eigenvalue weighted by atomic mass is 35.5. The molecule has 1 N–H and O–H groups in total. The third kappa shape index (κ3) is 6.84. The molecule has 0 spiro atoms. The number of carbonyl (C=O) groups excluding carboxylic acids is 2. The van der Waals surface area contributed by atoms with E-state index in [0.29, 0.717) is 77.9 Å². The topological polar surface area (TPSA) is 109 Å². The summed E-state index contributed by atoms with van der Waals surface area (Å²) in [7, 11) is 0. The molecule has 280 valence electrons. The van der Waals surface area contributed by atoms with Gasteiger partial charge in [-0.15, -0.1) is 12.4 Å². The van der Waals surface area contributed by atoms with Gasteiger partial charge in [0, 0.05) is 55.9 Å². The van der Waals surface area contributed by atoms with Crippen LogP contribution in [-0.4, -0.2) is 81.8 Å². The molecule has 0 aliphatic carbocycles. The average Bonchev–Trinajstić information content (AvgIpc) is 3.83. The number of phenolic OH excluding ortho intramolecular Hbond substituents is 1. The fraction of sp³-hybridized carbons (Fsp3) is 0.214. The van der Waals surface area contributed by atoms with Crippen molar-refractivity contribution in [3.05, 3.63) is 138 Å². The van der Waals surface area contributed by atoms with Crippen LogP contribution in [0.1, 0.15) is 31.8 Å². The minimum absolute atomic E-state index is 0. The lowest BCUT2D eigenvalue weighted by atomic mass is 9.92. The first-order valence-corrected chi connectivity index (χ1v) is 17.9. The standard InChI is InChI=1S/C42H36FN5O6.ClH/c43-29-6-3-7-31(19-29)48(30-8-10-33(49)11-9-30)42(51)36-20-37(46-13-12-44-23-38(36)46)34-21-39-40(54-26-53-39)22-35(34)41(50)47-24-28-5-2-1-4-27(28)18-32(47)25-45-14-16-52-17-15-45;/h1-13,19-23,32,49H,14-18,24-26H2;1H/t32-;/m0./s1. The van der Waals surface area contributed by atoms with Gasteiger partial charge in [-0.05, 0) is 78.2 Å². The molecule has 6 aromatic rings. The Morgan fingerprint density at radius 1 is 0.873 bits per heavy atom. The fourth-order valence-corrected chi connectivity index (χ4v) is 7.71. The molecule has 0 bridgehead atoms. The summed E-state index contributed by atoms with van der Waals surface area (Å²) in [5.41, 5.74) is 5.31. The van der Waals surface area contributed by atoms with Gasteiger partial charge in [0.2, 0.25) is 6.79 Å². The van der Waals surface area contributed by atoms with E-state index in [9.17, 15) is 14.3 Å². The molecule has 2 amide bonds. The van der Waals surface area contributed by atoms with Crippen LogP contribution in [-0.2, 0) is 17.7 Å². The number of aromatic hydroxyl groups is 1. The predicted octanol–water partition coefficient (Wildman–Crippen LogP) is 6.87. The third-order valence-corrected chi connectivity index (χ3v) is 10.4. The molecule has 2 aromatic heterocycles. The van der Waals surface area contributed by atoms with Gasteiger partial charge in [-0.25, -0.2) is 4.39 Å². The molecule has 13 heteroatoms. The summed E-state index contributed by atoms with van der Waals surface area (Å²) in [5, 5.41) is 10.0. The van der Waals surface area contributed by atoms with Crippen molar-refractivity contribution in [2.45, 2.75) is 19.0 Å². The van der Waals surface area contributed by atoms with E-state index < -0.39 is 11.7 Å². The van der Waals surface area contributed by atoms with Gasteiger partial charge in [-0.2, -0.15) is 0 Å². The number of rotatable bonds is 7. The Hall–Kier alpha value is -5.95. The van der Waals surface area contributed by atoms with Gasteiger partial charge in [0.1, 0.15) is 11.6 Å². The number of nitrogens with zero attached hydrogens (tertiary/aromatic N) is 5. The van der Waals surface area contributed by atoms with E-state index >= 15 is 4.79 Å². The largest absolute Gasteiger partial charge is 0.508 e. The molecule has 0 unspecified atom stereocenters. The first kappa shape index (κ1) is 36.0. The molecule has 5 heterocycles. The second-order valence-corrected chi connectivity index (χ2v) is 13.6. The number of ether oxygens (including phenoxy) is 3. The number of phenols is 1. The molecule has 4 aromatic carbocycles. The molecule has 1 saturated heterocycles. The van der Waals surface area contributed by atoms with Crippen molar-refractivity contribution in [3.8, 4) is 28.5 Å². The van der Waals surface area contributed by atoms with Crippen LogP contribution in [0, 0.1) is 5.82 Å². The van der Waals surface area contributed by atoms with Gasteiger partial charge >= 0.3 is 0 Å². The lowest BCUT2D eigenvalue weighted by molar-refractivity contribution is 0.0193. The Balaban J connectivity index is 0.00000427. The van der Waals surface area contributed by atoms with Gasteiger partial charge in [-0.3, -0.25) is 24.4 Å². The van der Waals surface area contributed by atoms with E-state index in [2.05, 4.69) is 22.0 Å². The summed E-state index contributed by atoms with van der Waals surface area (Å²) in [6, 6.07) is 25.3. The molecule has 1 atom stereocenters. The summed E-state index contributed by atoms with van der Waals surface area (Å²) in [5.74, 6) is -0.168. The Labute approximate surface area is 322 Å². The minimum Gasteiger partial charge on any atom is -0.508 e. The van der Waals surface area contributed by atoms with E-state index in [4.69, 9.17) is 14.2 Å². The maximum atomic E-state index is 15.1. The second-order valence-electron chi connectivity index (χ2n) is 13.6. The number of amides is 2. The zero-order valence-corrected chi connectivity index (χ0v) is 30.5. The van der Waals surface area contributed by atoms with Crippen molar-refractivity contribution in [3.63, 3.8) is 0 Å².